The van der Waals surface area contributed by atoms with Gasteiger partial charge in [-0.2, -0.15) is 26.3 Å². The maximum Gasteiger partial charge on any atom is 0.490 e. The fourth-order valence-corrected chi connectivity index (χ4v) is 4.71. The molecule has 2 rings (SSSR count). The molecule has 0 aliphatic heterocycles. The third-order valence-electron chi connectivity index (χ3n) is 5.85. The number of hydrogen-bond acceptors (Lipinski definition) is 10. The van der Waals surface area contributed by atoms with Crippen LogP contribution < -0.4 is 10.5 Å². The van der Waals surface area contributed by atoms with E-state index in [0.717, 1.165) is 17.4 Å². The predicted molar refractivity (Wildman–Crippen MR) is 157 cm³/mol. The summed E-state index contributed by atoms with van der Waals surface area (Å²) >= 11 is 1.09. The van der Waals surface area contributed by atoms with E-state index in [1.54, 1.807) is 31.9 Å². The van der Waals surface area contributed by atoms with Gasteiger partial charge in [0.25, 0.3) is 0 Å². The van der Waals surface area contributed by atoms with Crippen molar-refractivity contribution in [3.05, 3.63) is 51.5 Å². The average molecular weight is 750 g/mol. The molecule has 50 heavy (non-hydrogen) atoms. The second-order valence-electron chi connectivity index (χ2n) is 10.2. The van der Waals surface area contributed by atoms with E-state index in [4.69, 9.17) is 40.8 Å². The number of ketones is 1. The van der Waals surface area contributed by atoms with Crippen LogP contribution in [-0.4, -0.2) is 92.2 Å². The van der Waals surface area contributed by atoms with E-state index in [9.17, 15) is 55.0 Å². The van der Waals surface area contributed by atoms with E-state index in [2.05, 4.69) is 0 Å². The molecule has 2 atom stereocenters. The quantitative estimate of drug-likeness (QED) is 0.0552. The predicted octanol–water partition coefficient (Wildman–Crippen LogP) is 4.25. The van der Waals surface area contributed by atoms with Crippen LogP contribution in [0, 0.1) is 23.1 Å². The minimum Gasteiger partial charge on any atom is -0.481 e. The second-order valence-corrected chi connectivity index (χ2v) is 11.4. The zero-order valence-electron chi connectivity index (χ0n) is 26.0. The van der Waals surface area contributed by atoms with E-state index in [1.165, 1.54) is 18.2 Å². The number of halogens is 7. The molecule has 1 aromatic carbocycles. The van der Waals surface area contributed by atoms with Crippen molar-refractivity contribution >= 4 is 52.8 Å². The maximum atomic E-state index is 14.2. The number of carbonyl (C=O) groups excluding carboxylic acids is 2. The molecule has 0 amide bonds. The van der Waals surface area contributed by atoms with Gasteiger partial charge in [-0.25, -0.2) is 18.8 Å². The molecule has 1 heterocycles. The van der Waals surface area contributed by atoms with Gasteiger partial charge in [-0.1, -0.05) is 13.8 Å². The number of esters is 1. The van der Waals surface area contributed by atoms with Gasteiger partial charge in [0.05, 0.1) is 18.4 Å². The van der Waals surface area contributed by atoms with Crippen molar-refractivity contribution in [1.29, 1.82) is 5.41 Å². The van der Waals surface area contributed by atoms with E-state index in [-0.39, 0.29) is 40.3 Å². The molecule has 0 aliphatic carbocycles. The van der Waals surface area contributed by atoms with Crippen LogP contribution in [0.4, 0.5) is 30.7 Å². The lowest BCUT2D eigenvalue weighted by molar-refractivity contribution is -0.193. The Morgan fingerprint density at radius 1 is 0.900 bits per heavy atom. The van der Waals surface area contributed by atoms with Gasteiger partial charge in [0.2, 0.25) is 0 Å². The van der Waals surface area contributed by atoms with Crippen LogP contribution in [0.15, 0.2) is 30.3 Å². The number of thiophene rings is 1. The molecule has 14 nitrogen and oxygen atoms in total. The highest BCUT2D eigenvalue weighted by atomic mass is 32.1. The summed E-state index contributed by atoms with van der Waals surface area (Å²) in [6.07, 6.45) is -11.2. The Balaban J connectivity index is 0.00000143. The molecule has 278 valence electrons. The number of nitrogens with zero attached hydrogens (tertiary/aromatic N) is 1. The molecule has 22 heteroatoms. The second kappa shape index (κ2) is 19.2. The number of hydrogen-bond donors (Lipinski definition) is 6. The first-order chi connectivity index (χ1) is 22.7. The molecule has 0 spiro atoms. The van der Waals surface area contributed by atoms with Crippen molar-refractivity contribution < 1.29 is 84.7 Å². The molecule has 7 N–H and O–H groups in total. The Labute approximate surface area is 281 Å². The summed E-state index contributed by atoms with van der Waals surface area (Å²) in [5.41, 5.74) is 5.47. The van der Waals surface area contributed by atoms with Crippen molar-refractivity contribution in [2.24, 2.45) is 17.6 Å². The zero-order chi connectivity index (χ0) is 39.3. The summed E-state index contributed by atoms with van der Waals surface area (Å²) < 4.78 is 82.8. The standard InChI is InChI=1S/C24H28FN3O7S.2C2HF3O2/c1-12(2)21(17(29)9-14(23(32)33)10-20(30)31)28(3)11-15-5-7-19(36-15)24(34)35-18-6-4-13(22(26)27)8-16(18)25;2*3-2(4,5)1(6)7/h4-8,12,14,21H,9-11H2,1-3H3,(H3,26,27)(H,30,31)(H,32,33);2*(H,6,7)/t14-,21+;;/m0../s1. The summed E-state index contributed by atoms with van der Waals surface area (Å²) in [6.45, 7) is 3.86. The zero-order valence-corrected chi connectivity index (χ0v) is 26.8. The van der Waals surface area contributed by atoms with Gasteiger partial charge in [0, 0.05) is 23.4 Å². The van der Waals surface area contributed by atoms with Crippen LogP contribution in [0.25, 0.3) is 0 Å². The van der Waals surface area contributed by atoms with Crippen LogP contribution in [0.5, 0.6) is 5.75 Å². The molecule has 0 radical (unpaired) electrons. The third kappa shape index (κ3) is 15.9. The summed E-state index contributed by atoms with van der Waals surface area (Å²) in [5.74, 6) is -12.3. The van der Waals surface area contributed by atoms with Crippen molar-refractivity contribution in [3.8, 4) is 5.75 Å². The molecule has 1 aromatic heterocycles. The minimum atomic E-state index is -5.08. The number of rotatable bonds is 13. The van der Waals surface area contributed by atoms with Crippen molar-refractivity contribution in [3.63, 3.8) is 0 Å². The van der Waals surface area contributed by atoms with E-state index < -0.39 is 72.8 Å². The number of Topliss-reactive ketones (excluding diaryl/α,β-unsaturated/α-hetero) is 1. The number of alkyl halides is 6. The highest BCUT2D eigenvalue weighted by molar-refractivity contribution is 7.13. The Bertz CT molecular complexity index is 1540. The molecule has 2 aromatic rings. The van der Waals surface area contributed by atoms with Gasteiger partial charge >= 0.3 is 42.2 Å². The number of benzene rings is 1. The van der Waals surface area contributed by atoms with Crippen LogP contribution in [0.1, 0.15) is 46.8 Å². The Morgan fingerprint density at radius 2 is 1.40 bits per heavy atom. The molecule has 0 saturated carbocycles. The largest absolute Gasteiger partial charge is 0.490 e. The molecule has 0 unspecified atom stereocenters. The van der Waals surface area contributed by atoms with E-state index in [0.29, 0.717) is 4.88 Å². The first-order valence-corrected chi connectivity index (χ1v) is 14.2. The molecule has 0 aliphatic rings. The van der Waals surface area contributed by atoms with Gasteiger partial charge in [-0.3, -0.25) is 24.7 Å². The molecule has 0 fully saturated rings. The molecular weight excluding hydrogens is 719 g/mol. The number of carboxylic acids is 4. The van der Waals surface area contributed by atoms with Crippen LogP contribution in [0.2, 0.25) is 0 Å². The smallest absolute Gasteiger partial charge is 0.481 e. The lowest BCUT2D eigenvalue weighted by Crippen LogP contribution is -2.43. The normalized spacial score (nSPS) is 12.4. The molecule has 0 bridgehead atoms. The van der Waals surface area contributed by atoms with E-state index >= 15 is 0 Å². The monoisotopic (exact) mass is 749 g/mol. The van der Waals surface area contributed by atoms with Gasteiger partial charge in [0.15, 0.2) is 17.3 Å². The van der Waals surface area contributed by atoms with Crippen LogP contribution >= 0.6 is 11.3 Å². The fraction of sp³-hybridized carbons (Fsp3) is 0.393. The van der Waals surface area contributed by atoms with E-state index in [1.807, 2.05) is 0 Å². The van der Waals surface area contributed by atoms with Gasteiger partial charge in [0.1, 0.15) is 10.7 Å². The van der Waals surface area contributed by atoms with Crippen LogP contribution in [-0.2, 0) is 30.5 Å². The highest BCUT2D eigenvalue weighted by Crippen LogP contribution is 2.25. The first-order valence-electron chi connectivity index (χ1n) is 13.4. The van der Waals surface area contributed by atoms with Gasteiger partial charge in [-0.15, -0.1) is 11.3 Å². The van der Waals surface area contributed by atoms with Crippen molar-refractivity contribution in [2.45, 2.75) is 51.6 Å². The maximum absolute atomic E-state index is 14.2. The number of aliphatic carboxylic acids is 4. The molecule has 0 saturated heterocycles. The number of likely N-dealkylation sites (N-methyl/N-ethyl adjacent to an activating group) is 1. The Hall–Kier alpha value is -5.12. The SMILES string of the molecule is CC(C)[C@H](C(=O)C[C@@H](CC(=O)O)C(=O)O)N(C)Cc1ccc(C(=O)Oc2ccc(C(=N)N)cc2F)s1.O=C(O)C(F)(F)F.O=C(O)C(F)(F)F. The van der Waals surface area contributed by atoms with Crippen LogP contribution in [0.3, 0.4) is 0 Å². The Kier molecular flexibility index (Phi) is 17.2. The third-order valence-corrected chi connectivity index (χ3v) is 6.90. The number of nitrogens with one attached hydrogen (secondary N) is 1. The summed E-state index contributed by atoms with van der Waals surface area (Å²) in [5, 5.41) is 39.8. The number of carboxylic acid groups (broad SMARTS) is 4. The number of nitrogens with two attached hydrogens (primary N) is 1. The summed E-state index contributed by atoms with van der Waals surface area (Å²) in [6, 6.07) is 6.06. The van der Waals surface area contributed by atoms with Crippen molar-refractivity contribution in [1.82, 2.24) is 4.90 Å². The summed E-state index contributed by atoms with van der Waals surface area (Å²) in [7, 11) is 1.68. The van der Waals surface area contributed by atoms with Crippen molar-refractivity contribution in [2.75, 3.05) is 7.05 Å². The summed E-state index contributed by atoms with van der Waals surface area (Å²) in [4.78, 5) is 68.1. The number of amidine groups is 1. The fourth-order valence-electron chi connectivity index (χ4n) is 3.77. The van der Waals surface area contributed by atoms with Gasteiger partial charge in [-0.05, 0) is 43.3 Å². The highest BCUT2D eigenvalue weighted by Gasteiger charge is 2.39. The Morgan fingerprint density at radius 3 is 1.78 bits per heavy atom. The number of ether oxygens (including phenoxy) is 1. The number of carbonyl (C=O) groups is 6. The lowest BCUT2D eigenvalue weighted by Gasteiger charge is -2.30. The topological polar surface area (TPSA) is 246 Å². The lowest BCUT2D eigenvalue weighted by atomic mass is 9.90. The average Bonchev–Trinajstić information content (AvgIpc) is 3.41. The van der Waals surface area contributed by atoms with Gasteiger partial charge < -0.3 is 30.9 Å². The first kappa shape index (κ1) is 44.9. The molecular formula is C28H30F7N3O11S. The number of nitrogen functional groups attached to an aromatic ring is 1. The minimum absolute atomic E-state index is 0.153.